The second kappa shape index (κ2) is 5.75. The van der Waals surface area contributed by atoms with E-state index < -0.39 is 12.0 Å². The summed E-state index contributed by atoms with van der Waals surface area (Å²) in [5.74, 6) is 0.0590. The number of nitrogens with zero attached hydrogens (tertiary/aromatic N) is 1. The van der Waals surface area contributed by atoms with Gasteiger partial charge in [-0.15, -0.1) is 0 Å². The van der Waals surface area contributed by atoms with Crippen LogP contribution in [0.15, 0.2) is 28.7 Å². The molecule has 1 saturated heterocycles. The van der Waals surface area contributed by atoms with E-state index >= 15 is 0 Å². The minimum absolute atomic E-state index is 0.227. The Labute approximate surface area is 117 Å². The number of aliphatic carboxylic acids is 1. The van der Waals surface area contributed by atoms with Gasteiger partial charge in [0.1, 0.15) is 6.04 Å². The third-order valence-corrected chi connectivity index (χ3v) is 4.49. The van der Waals surface area contributed by atoms with Crippen LogP contribution in [0.5, 0.6) is 0 Å². The van der Waals surface area contributed by atoms with Gasteiger partial charge in [-0.05, 0) is 28.1 Å². The number of amides is 1. The zero-order valence-electron chi connectivity index (χ0n) is 9.51. The first-order valence-electron chi connectivity index (χ1n) is 5.47. The molecule has 0 aliphatic carbocycles. The quantitative estimate of drug-likeness (QED) is 0.902. The molecule has 1 atom stereocenters. The van der Waals surface area contributed by atoms with Gasteiger partial charge in [0.2, 0.25) is 0 Å². The Bertz CT molecular complexity index is 480. The van der Waals surface area contributed by atoms with Crippen molar-refractivity contribution in [2.45, 2.75) is 6.04 Å². The van der Waals surface area contributed by atoms with Crippen molar-refractivity contribution in [3.8, 4) is 0 Å². The summed E-state index contributed by atoms with van der Waals surface area (Å²) in [5.41, 5.74) is 0.510. The van der Waals surface area contributed by atoms with Gasteiger partial charge < -0.3 is 10.0 Å². The second-order valence-electron chi connectivity index (χ2n) is 3.91. The average Bonchev–Trinajstić information content (AvgIpc) is 2.38. The molecular formula is C12H12BrNO3S. The Hall–Kier alpha value is -1.01. The number of rotatable bonds is 2. The molecule has 6 heteroatoms. The number of halogens is 1. The van der Waals surface area contributed by atoms with Crippen molar-refractivity contribution in [1.29, 1.82) is 0 Å². The van der Waals surface area contributed by atoms with Crippen LogP contribution in [0.2, 0.25) is 0 Å². The first-order valence-corrected chi connectivity index (χ1v) is 7.42. The molecule has 1 N–H and O–H groups in total. The molecule has 1 aromatic rings. The number of carbonyl (C=O) groups is 2. The highest BCUT2D eigenvalue weighted by atomic mass is 79.9. The lowest BCUT2D eigenvalue weighted by atomic mass is 10.1. The molecular weight excluding hydrogens is 318 g/mol. The van der Waals surface area contributed by atoms with E-state index in [1.54, 1.807) is 30.0 Å². The summed E-state index contributed by atoms with van der Waals surface area (Å²) in [7, 11) is 0. The van der Waals surface area contributed by atoms with Crippen molar-refractivity contribution in [2.24, 2.45) is 0 Å². The number of carboxylic acid groups (broad SMARTS) is 1. The van der Waals surface area contributed by atoms with Crippen LogP contribution in [0.3, 0.4) is 0 Å². The molecule has 0 spiro atoms. The van der Waals surface area contributed by atoms with Crippen LogP contribution in [0, 0.1) is 0 Å². The van der Waals surface area contributed by atoms with E-state index in [-0.39, 0.29) is 5.91 Å². The van der Waals surface area contributed by atoms with E-state index in [0.29, 0.717) is 22.3 Å². The second-order valence-corrected chi connectivity index (χ2v) is 5.91. The third-order valence-electron chi connectivity index (χ3n) is 2.78. The predicted molar refractivity (Wildman–Crippen MR) is 73.9 cm³/mol. The fourth-order valence-electron chi connectivity index (χ4n) is 1.84. The minimum atomic E-state index is -0.942. The van der Waals surface area contributed by atoms with Crippen LogP contribution in [-0.2, 0) is 4.79 Å². The normalized spacial score (nSPS) is 19.6. The molecule has 4 nitrogen and oxygen atoms in total. The van der Waals surface area contributed by atoms with Crippen molar-refractivity contribution >= 4 is 39.6 Å². The molecule has 96 valence electrons. The first-order chi connectivity index (χ1) is 8.61. The molecule has 0 radical (unpaired) electrons. The summed E-state index contributed by atoms with van der Waals surface area (Å²) in [5, 5.41) is 9.15. The largest absolute Gasteiger partial charge is 0.480 e. The lowest BCUT2D eigenvalue weighted by Crippen LogP contribution is -2.50. The number of carboxylic acids is 1. The van der Waals surface area contributed by atoms with E-state index in [4.69, 9.17) is 5.11 Å². The monoisotopic (exact) mass is 329 g/mol. The Balaban J connectivity index is 2.27. The number of hydrogen-bond donors (Lipinski definition) is 1. The van der Waals surface area contributed by atoms with Crippen molar-refractivity contribution in [1.82, 2.24) is 4.90 Å². The Kier molecular flexibility index (Phi) is 4.29. The van der Waals surface area contributed by atoms with E-state index in [9.17, 15) is 9.59 Å². The number of hydrogen-bond acceptors (Lipinski definition) is 3. The molecule has 1 aliphatic heterocycles. The highest BCUT2D eigenvalue weighted by molar-refractivity contribution is 9.10. The summed E-state index contributed by atoms with van der Waals surface area (Å²) in [6.45, 7) is 0.474. The molecule has 1 amide bonds. The predicted octanol–water partition coefficient (Wildman–Crippen LogP) is 2.09. The Morgan fingerprint density at radius 3 is 2.78 bits per heavy atom. The lowest BCUT2D eigenvalue weighted by Gasteiger charge is -2.32. The zero-order valence-corrected chi connectivity index (χ0v) is 11.9. The average molecular weight is 330 g/mol. The maximum absolute atomic E-state index is 12.4. The van der Waals surface area contributed by atoms with Gasteiger partial charge in [0.15, 0.2) is 0 Å². The van der Waals surface area contributed by atoms with Gasteiger partial charge in [0, 0.05) is 22.5 Å². The van der Waals surface area contributed by atoms with Crippen molar-refractivity contribution in [3.63, 3.8) is 0 Å². The molecule has 0 saturated carbocycles. The van der Waals surface area contributed by atoms with Crippen LogP contribution < -0.4 is 0 Å². The lowest BCUT2D eigenvalue weighted by molar-refractivity contribution is -0.141. The third kappa shape index (κ3) is 2.70. The summed E-state index contributed by atoms with van der Waals surface area (Å²) in [6.07, 6.45) is 0. The van der Waals surface area contributed by atoms with Crippen molar-refractivity contribution in [2.75, 3.05) is 18.1 Å². The van der Waals surface area contributed by atoms with E-state index in [0.717, 1.165) is 5.75 Å². The minimum Gasteiger partial charge on any atom is -0.480 e. The van der Waals surface area contributed by atoms with E-state index in [1.807, 2.05) is 6.07 Å². The molecule has 1 aliphatic rings. The fraction of sp³-hybridized carbons (Fsp3) is 0.333. The topological polar surface area (TPSA) is 57.6 Å². The molecule has 1 heterocycles. The summed E-state index contributed by atoms with van der Waals surface area (Å²) < 4.78 is 0.692. The van der Waals surface area contributed by atoms with Crippen LogP contribution in [0.25, 0.3) is 0 Å². The van der Waals surface area contributed by atoms with Crippen LogP contribution in [0.1, 0.15) is 10.4 Å². The number of benzene rings is 1. The van der Waals surface area contributed by atoms with Crippen molar-refractivity contribution < 1.29 is 14.7 Å². The summed E-state index contributed by atoms with van der Waals surface area (Å²) in [6, 6.07) is 6.34. The molecule has 1 unspecified atom stereocenters. The maximum Gasteiger partial charge on any atom is 0.327 e. The molecule has 2 rings (SSSR count). The standard InChI is InChI=1S/C12H12BrNO3S/c13-9-4-2-1-3-8(9)11(15)14-5-6-18-7-10(14)12(16)17/h1-4,10H,5-7H2,(H,16,17). The van der Waals surface area contributed by atoms with Crippen LogP contribution >= 0.6 is 27.7 Å². The smallest absolute Gasteiger partial charge is 0.327 e. The van der Waals surface area contributed by atoms with Gasteiger partial charge in [-0.3, -0.25) is 4.79 Å². The van der Waals surface area contributed by atoms with Crippen LogP contribution in [-0.4, -0.2) is 46.0 Å². The van der Waals surface area contributed by atoms with Gasteiger partial charge in [0.25, 0.3) is 5.91 Å². The molecule has 1 aromatic carbocycles. The summed E-state index contributed by atoms with van der Waals surface area (Å²) >= 11 is 4.89. The van der Waals surface area contributed by atoms with Crippen molar-refractivity contribution in [3.05, 3.63) is 34.3 Å². The Morgan fingerprint density at radius 2 is 2.11 bits per heavy atom. The number of carbonyl (C=O) groups excluding carboxylic acids is 1. The maximum atomic E-state index is 12.4. The van der Waals surface area contributed by atoms with Gasteiger partial charge in [-0.2, -0.15) is 11.8 Å². The first kappa shape index (κ1) is 13.4. The van der Waals surface area contributed by atoms with Crippen LogP contribution in [0.4, 0.5) is 0 Å². The highest BCUT2D eigenvalue weighted by Gasteiger charge is 2.33. The fourth-order valence-corrected chi connectivity index (χ4v) is 3.33. The Morgan fingerprint density at radius 1 is 1.39 bits per heavy atom. The van der Waals surface area contributed by atoms with Gasteiger partial charge >= 0.3 is 5.97 Å². The van der Waals surface area contributed by atoms with Gasteiger partial charge in [-0.1, -0.05) is 12.1 Å². The van der Waals surface area contributed by atoms with Gasteiger partial charge in [0.05, 0.1) is 5.56 Å². The molecule has 18 heavy (non-hydrogen) atoms. The van der Waals surface area contributed by atoms with Gasteiger partial charge in [-0.25, -0.2) is 4.79 Å². The highest BCUT2D eigenvalue weighted by Crippen LogP contribution is 2.23. The summed E-state index contributed by atoms with van der Waals surface area (Å²) in [4.78, 5) is 25.0. The molecule has 0 bridgehead atoms. The number of thioether (sulfide) groups is 1. The van der Waals surface area contributed by atoms with E-state index in [1.165, 1.54) is 4.90 Å². The zero-order chi connectivity index (χ0) is 13.1. The molecule has 1 fully saturated rings. The SMILES string of the molecule is O=C(O)C1CSCCN1C(=O)c1ccccc1Br. The molecule has 0 aromatic heterocycles. The van der Waals surface area contributed by atoms with E-state index in [2.05, 4.69) is 15.9 Å².